The molecule has 0 saturated carbocycles. The van der Waals surface area contributed by atoms with E-state index in [1.165, 1.54) is 5.56 Å². The van der Waals surface area contributed by atoms with Crippen molar-refractivity contribution in [3.63, 3.8) is 0 Å². The van der Waals surface area contributed by atoms with Crippen molar-refractivity contribution in [1.29, 1.82) is 0 Å². The Morgan fingerprint density at radius 3 is 2.56 bits per heavy atom. The van der Waals surface area contributed by atoms with Gasteiger partial charge in [-0.15, -0.1) is 0 Å². The van der Waals surface area contributed by atoms with Crippen molar-refractivity contribution in [2.24, 2.45) is 11.7 Å². The summed E-state index contributed by atoms with van der Waals surface area (Å²) in [6.07, 6.45) is 2.48. The quantitative estimate of drug-likeness (QED) is 0.776. The van der Waals surface area contributed by atoms with Gasteiger partial charge in [-0.25, -0.2) is 0 Å². The Balaban J connectivity index is 2.25. The van der Waals surface area contributed by atoms with Gasteiger partial charge in [-0.3, -0.25) is 4.79 Å². The summed E-state index contributed by atoms with van der Waals surface area (Å²) in [5, 5.41) is 3.02. The lowest BCUT2D eigenvalue weighted by molar-refractivity contribution is -0.122. The van der Waals surface area contributed by atoms with Crippen LogP contribution in [0.2, 0.25) is 0 Å². The molecule has 18 heavy (non-hydrogen) atoms. The molecule has 0 heterocycles. The molecule has 2 unspecified atom stereocenters. The van der Waals surface area contributed by atoms with Crippen molar-refractivity contribution in [3.8, 4) is 0 Å². The Labute approximate surface area is 110 Å². The molecule has 0 bridgehead atoms. The summed E-state index contributed by atoms with van der Waals surface area (Å²) in [6.45, 7) is 4.61. The number of nitrogens with two attached hydrogens (primary N) is 1. The number of rotatable bonds is 7. The third-order valence-electron chi connectivity index (χ3n) is 3.05. The van der Waals surface area contributed by atoms with Crippen LogP contribution in [0.3, 0.4) is 0 Å². The van der Waals surface area contributed by atoms with E-state index < -0.39 is 0 Å². The molecular weight excluding hydrogens is 224 g/mol. The summed E-state index contributed by atoms with van der Waals surface area (Å²) in [6, 6.07) is 10.5. The molecule has 0 aliphatic rings. The standard InChI is InChI=1S/C15H24N2O/c1-12(11-16)10-15(18)17-13(2)8-9-14-6-4-3-5-7-14/h3-7,12-13H,8-11,16H2,1-2H3,(H,17,18). The molecule has 3 nitrogen and oxygen atoms in total. The second kappa shape index (κ2) is 7.88. The lowest BCUT2D eigenvalue weighted by atomic mass is 10.0. The summed E-state index contributed by atoms with van der Waals surface area (Å²) in [5.74, 6) is 0.361. The number of nitrogens with one attached hydrogen (secondary N) is 1. The first-order valence-corrected chi connectivity index (χ1v) is 6.65. The molecule has 100 valence electrons. The molecule has 0 radical (unpaired) electrons. The smallest absolute Gasteiger partial charge is 0.220 e. The normalized spacial score (nSPS) is 13.9. The first-order valence-electron chi connectivity index (χ1n) is 6.65. The predicted molar refractivity (Wildman–Crippen MR) is 75.2 cm³/mol. The molecule has 3 N–H and O–H groups in total. The van der Waals surface area contributed by atoms with Gasteiger partial charge in [0.15, 0.2) is 0 Å². The number of hydrogen-bond donors (Lipinski definition) is 2. The number of aryl methyl sites for hydroxylation is 1. The van der Waals surface area contributed by atoms with Gasteiger partial charge in [0, 0.05) is 12.5 Å². The van der Waals surface area contributed by atoms with Crippen LogP contribution in [-0.2, 0) is 11.2 Å². The van der Waals surface area contributed by atoms with Gasteiger partial charge in [0.1, 0.15) is 0 Å². The van der Waals surface area contributed by atoms with E-state index in [9.17, 15) is 4.79 Å². The minimum absolute atomic E-state index is 0.105. The van der Waals surface area contributed by atoms with Crippen LogP contribution < -0.4 is 11.1 Å². The van der Waals surface area contributed by atoms with Crippen molar-refractivity contribution in [2.45, 2.75) is 39.2 Å². The molecule has 0 saturated heterocycles. The largest absolute Gasteiger partial charge is 0.354 e. The van der Waals surface area contributed by atoms with E-state index in [2.05, 4.69) is 17.4 Å². The zero-order chi connectivity index (χ0) is 13.4. The lowest BCUT2D eigenvalue weighted by Crippen LogP contribution is -2.34. The Hall–Kier alpha value is -1.35. The maximum Gasteiger partial charge on any atom is 0.220 e. The van der Waals surface area contributed by atoms with Crippen LogP contribution >= 0.6 is 0 Å². The number of benzene rings is 1. The van der Waals surface area contributed by atoms with Gasteiger partial charge in [0.2, 0.25) is 5.91 Å². The average molecular weight is 248 g/mol. The predicted octanol–water partition coefficient (Wildman–Crippen LogP) is 2.11. The zero-order valence-corrected chi connectivity index (χ0v) is 11.4. The number of hydrogen-bond acceptors (Lipinski definition) is 2. The lowest BCUT2D eigenvalue weighted by Gasteiger charge is -2.15. The van der Waals surface area contributed by atoms with Crippen LogP contribution in [0.25, 0.3) is 0 Å². The molecule has 0 aliphatic carbocycles. The van der Waals surface area contributed by atoms with Crippen LogP contribution in [0.15, 0.2) is 30.3 Å². The van der Waals surface area contributed by atoms with Crippen LogP contribution in [0.1, 0.15) is 32.3 Å². The first kappa shape index (κ1) is 14.7. The molecule has 0 spiro atoms. The van der Waals surface area contributed by atoms with Crippen LogP contribution in [0.4, 0.5) is 0 Å². The van der Waals surface area contributed by atoms with Gasteiger partial charge in [-0.1, -0.05) is 37.3 Å². The van der Waals surface area contributed by atoms with Gasteiger partial charge in [-0.05, 0) is 37.8 Å². The molecule has 1 amide bonds. The molecular formula is C15H24N2O. The van der Waals surface area contributed by atoms with Gasteiger partial charge in [0.25, 0.3) is 0 Å². The number of carbonyl (C=O) groups excluding carboxylic acids is 1. The summed E-state index contributed by atoms with van der Waals surface area (Å²) in [7, 11) is 0. The molecule has 0 aromatic heterocycles. The van der Waals surface area contributed by atoms with Crippen molar-refractivity contribution >= 4 is 5.91 Å². The third-order valence-corrected chi connectivity index (χ3v) is 3.05. The van der Waals surface area contributed by atoms with Crippen molar-refractivity contribution in [1.82, 2.24) is 5.32 Å². The minimum Gasteiger partial charge on any atom is -0.354 e. The topological polar surface area (TPSA) is 55.1 Å². The monoisotopic (exact) mass is 248 g/mol. The molecule has 1 rings (SSSR count). The molecule has 1 aromatic rings. The molecule has 3 heteroatoms. The van der Waals surface area contributed by atoms with Crippen molar-refractivity contribution in [2.75, 3.05) is 6.54 Å². The molecule has 0 fully saturated rings. The number of amides is 1. The highest BCUT2D eigenvalue weighted by Gasteiger charge is 2.10. The third kappa shape index (κ3) is 5.82. The Bertz CT molecular complexity index is 351. The van der Waals surface area contributed by atoms with E-state index in [4.69, 9.17) is 5.73 Å². The SMILES string of the molecule is CC(CN)CC(=O)NC(C)CCc1ccccc1. The second-order valence-corrected chi connectivity index (χ2v) is 5.04. The molecule has 0 aliphatic heterocycles. The summed E-state index contributed by atoms with van der Waals surface area (Å²) >= 11 is 0. The summed E-state index contributed by atoms with van der Waals surface area (Å²) in [4.78, 5) is 11.7. The molecule has 1 aromatic carbocycles. The van der Waals surface area contributed by atoms with E-state index in [1.807, 2.05) is 32.0 Å². The maximum absolute atomic E-state index is 11.7. The van der Waals surface area contributed by atoms with Crippen molar-refractivity contribution < 1.29 is 4.79 Å². The average Bonchev–Trinajstić information content (AvgIpc) is 2.37. The van der Waals surface area contributed by atoms with E-state index in [0.717, 1.165) is 12.8 Å². The van der Waals surface area contributed by atoms with E-state index in [-0.39, 0.29) is 17.9 Å². The van der Waals surface area contributed by atoms with Crippen LogP contribution in [0.5, 0.6) is 0 Å². The van der Waals surface area contributed by atoms with Crippen LogP contribution in [-0.4, -0.2) is 18.5 Å². The Morgan fingerprint density at radius 1 is 1.28 bits per heavy atom. The zero-order valence-electron chi connectivity index (χ0n) is 11.4. The fraction of sp³-hybridized carbons (Fsp3) is 0.533. The van der Waals surface area contributed by atoms with E-state index in [0.29, 0.717) is 13.0 Å². The van der Waals surface area contributed by atoms with Gasteiger partial charge >= 0.3 is 0 Å². The Kier molecular flexibility index (Phi) is 6.44. The van der Waals surface area contributed by atoms with Gasteiger partial charge in [-0.2, -0.15) is 0 Å². The molecule has 2 atom stereocenters. The highest BCUT2D eigenvalue weighted by Crippen LogP contribution is 2.05. The highest BCUT2D eigenvalue weighted by atomic mass is 16.1. The fourth-order valence-electron chi connectivity index (χ4n) is 1.83. The van der Waals surface area contributed by atoms with E-state index in [1.54, 1.807) is 0 Å². The van der Waals surface area contributed by atoms with Gasteiger partial charge < -0.3 is 11.1 Å². The Morgan fingerprint density at radius 2 is 1.94 bits per heavy atom. The fourth-order valence-corrected chi connectivity index (χ4v) is 1.83. The summed E-state index contributed by atoms with van der Waals surface area (Å²) < 4.78 is 0. The second-order valence-electron chi connectivity index (χ2n) is 5.04. The van der Waals surface area contributed by atoms with Crippen molar-refractivity contribution in [3.05, 3.63) is 35.9 Å². The van der Waals surface area contributed by atoms with Crippen LogP contribution in [0, 0.1) is 5.92 Å². The summed E-state index contributed by atoms with van der Waals surface area (Å²) in [5.41, 5.74) is 6.82. The minimum atomic E-state index is 0.105. The first-order chi connectivity index (χ1) is 8.61. The van der Waals surface area contributed by atoms with Gasteiger partial charge in [0.05, 0.1) is 0 Å². The maximum atomic E-state index is 11.7. The number of carbonyl (C=O) groups is 1. The highest BCUT2D eigenvalue weighted by molar-refractivity contribution is 5.76. The van der Waals surface area contributed by atoms with E-state index >= 15 is 0 Å².